The van der Waals surface area contributed by atoms with E-state index >= 15 is 0 Å². The fourth-order valence-corrected chi connectivity index (χ4v) is 2.59. The summed E-state index contributed by atoms with van der Waals surface area (Å²) in [6.45, 7) is 8.11. The van der Waals surface area contributed by atoms with Gasteiger partial charge in [0.1, 0.15) is 5.60 Å². The first-order valence-corrected chi connectivity index (χ1v) is 8.10. The summed E-state index contributed by atoms with van der Waals surface area (Å²) in [6.07, 6.45) is 0.816. The molecule has 1 aromatic carbocycles. The zero-order chi connectivity index (χ0) is 15.5. The normalized spacial score (nSPS) is 18.7. The van der Waals surface area contributed by atoms with Gasteiger partial charge in [0.2, 0.25) is 0 Å². The molecule has 1 aliphatic heterocycles. The standard InChI is InChI=1S/C16H23BrN2O2/c1-16(2,3)21-15(20)19-9-8-12(11-19)10-18-14-6-4-13(17)5-7-14/h4-7,12,18H,8-11H2,1-3H3/t12-/m1/s1. The Morgan fingerprint density at radius 3 is 2.67 bits per heavy atom. The third-order valence-corrected chi connectivity index (χ3v) is 3.91. The van der Waals surface area contributed by atoms with Crippen LogP contribution in [-0.2, 0) is 4.74 Å². The topological polar surface area (TPSA) is 41.6 Å². The molecule has 21 heavy (non-hydrogen) atoms. The molecule has 1 atom stereocenters. The van der Waals surface area contributed by atoms with Crippen LogP contribution in [0.2, 0.25) is 0 Å². The van der Waals surface area contributed by atoms with Gasteiger partial charge in [0.05, 0.1) is 0 Å². The Kier molecular flexibility index (Phi) is 5.14. The molecule has 0 aliphatic carbocycles. The monoisotopic (exact) mass is 354 g/mol. The van der Waals surface area contributed by atoms with Crippen LogP contribution >= 0.6 is 15.9 Å². The summed E-state index contributed by atoms with van der Waals surface area (Å²) < 4.78 is 6.48. The highest BCUT2D eigenvalue weighted by Crippen LogP contribution is 2.21. The number of rotatable bonds is 3. The number of likely N-dealkylation sites (tertiary alicyclic amines) is 1. The van der Waals surface area contributed by atoms with Crippen LogP contribution < -0.4 is 5.32 Å². The average molecular weight is 355 g/mol. The zero-order valence-corrected chi connectivity index (χ0v) is 14.4. The average Bonchev–Trinajstić information content (AvgIpc) is 2.85. The van der Waals surface area contributed by atoms with E-state index in [0.29, 0.717) is 5.92 Å². The number of anilines is 1. The van der Waals surface area contributed by atoms with Gasteiger partial charge in [0.15, 0.2) is 0 Å². The SMILES string of the molecule is CC(C)(C)OC(=O)N1CC[C@H](CNc2ccc(Br)cc2)C1. The van der Waals surface area contributed by atoms with Crippen molar-refractivity contribution in [3.8, 4) is 0 Å². The van der Waals surface area contributed by atoms with Gasteiger partial charge >= 0.3 is 6.09 Å². The maximum absolute atomic E-state index is 12.0. The number of amides is 1. The number of nitrogens with one attached hydrogen (secondary N) is 1. The van der Waals surface area contributed by atoms with Gasteiger partial charge < -0.3 is 15.0 Å². The largest absolute Gasteiger partial charge is 0.444 e. The Labute approximate surface area is 135 Å². The lowest BCUT2D eigenvalue weighted by molar-refractivity contribution is 0.0289. The number of carbonyl (C=O) groups is 1. The Balaban J connectivity index is 1.77. The van der Waals surface area contributed by atoms with Gasteiger partial charge in [0, 0.05) is 29.8 Å². The lowest BCUT2D eigenvalue weighted by Crippen LogP contribution is -2.35. The first kappa shape index (κ1) is 16.1. The van der Waals surface area contributed by atoms with Crippen LogP contribution in [0.3, 0.4) is 0 Å². The van der Waals surface area contributed by atoms with Crippen molar-refractivity contribution in [1.29, 1.82) is 0 Å². The van der Waals surface area contributed by atoms with Crippen LogP contribution in [0.15, 0.2) is 28.7 Å². The van der Waals surface area contributed by atoms with Crippen LogP contribution in [0.4, 0.5) is 10.5 Å². The number of hydrogen-bond donors (Lipinski definition) is 1. The van der Waals surface area contributed by atoms with E-state index in [1.54, 1.807) is 4.90 Å². The van der Waals surface area contributed by atoms with E-state index in [9.17, 15) is 4.79 Å². The third-order valence-electron chi connectivity index (χ3n) is 3.38. The van der Waals surface area contributed by atoms with Gasteiger partial charge in [-0.3, -0.25) is 0 Å². The van der Waals surface area contributed by atoms with Crippen molar-refractivity contribution in [3.05, 3.63) is 28.7 Å². The van der Waals surface area contributed by atoms with Gasteiger partial charge in [0.25, 0.3) is 0 Å². The molecule has 0 saturated carbocycles. The van der Waals surface area contributed by atoms with Crippen molar-refractivity contribution in [2.45, 2.75) is 32.8 Å². The number of benzene rings is 1. The molecule has 0 unspecified atom stereocenters. The Bertz CT molecular complexity index is 482. The number of nitrogens with zero attached hydrogens (tertiary/aromatic N) is 1. The summed E-state index contributed by atoms with van der Waals surface area (Å²) in [6, 6.07) is 8.13. The highest BCUT2D eigenvalue weighted by molar-refractivity contribution is 9.10. The second kappa shape index (κ2) is 6.69. The van der Waals surface area contributed by atoms with Crippen LogP contribution in [0.1, 0.15) is 27.2 Å². The first-order chi connectivity index (χ1) is 9.83. The fourth-order valence-electron chi connectivity index (χ4n) is 2.32. The Morgan fingerprint density at radius 1 is 1.38 bits per heavy atom. The molecule has 0 aromatic heterocycles. The molecule has 1 fully saturated rings. The minimum atomic E-state index is -0.426. The van der Waals surface area contributed by atoms with E-state index in [4.69, 9.17) is 4.74 Å². The predicted molar refractivity (Wildman–Crippen MR) is 88.5 cm³/mol. The minimum Gasteiger partial charge on any atom is -0.444 e. The van der Waals surface area contributed by atoms with Gasteiger partial charge in [-0.2, -0.15) is 0 Å². The lowest BCUT2D eigenvalue weighted by Gasteiger charge is -2.24. The van der Waals surface area contributed by atoms with Crippen molar-refractivity contribution < 1.29 is 9.53 Å². The highest BCUT2D eigenvalue weighted by atomic mass is 79.9. The van der Waals surface area contributed by atoms with Crippen molar-refractivity contribution >= 4 is 27.7 Å². The summed E-state index contributed by atoms with van der Waals surface area (Å²) in [5.41, 5.74) is 0.680. The molecule has 5 heteroatoms. The number of halogens is 1. The smallest absolute Gasteiger partial charge is 0.410 e. The molecule has 1 N–H and O–H groups in total. The maximum Gasteiger partial charge on any atom is 0.410 e. The molecule has 1 amide bonds. The van der Waals surface area contributed by atoms with E-state index in [-0.39, 0.29) is 6.09 Å². The molecule has 0 radical (unpaired) electrons. The fraction of sp³-hybridized carbons (Fsp3) is 0.562. The maximum atomic E-state index is 12.0. The van der Waals surface area contributed by atoms with Gasteiger partial charge in [-0.15, -0.1) is 0 Å². The lowest BCUT2D eigenvalue weighted by atomic mass is 10.1. The van der Waals surface area contributed by atoms with Crippen molar-refractivity contribution in [2.24, 2.45) is 5.92 Å². The van der Waals surface area contributed by atoms with Crippen LogP contribution in [0.25, 0.3) is 0 Å². The molecule has 1 heterocycles. The number of ether oxygens (including phenoxy) is 1. The molecule has 1 saturated heterocycles. The number of hydrogen-bond acceptors (Lipinski definition) is 3. The quantitative estimate of drug-likeness (QED) is 0.887. The summed E-state index contributed by atoms with van der Waals surface area (Å²) in [4.78, 5) is 13.8. The van der Waals surface area contributed by atoms with Gasteiger partial charge in [-0.25, -0.2) is 4.79 Å². The molecular weight excluding hydrogens is 332 g/mol. The first-order valence-electron chi connectivity index (χ1n) is 7.31. The van der Waals surface area contributed by atoms with E-state index in [2.05, 4.69) is 21.2 Å². The summed E-state index contributed by atoms with van der Waals surface area (Å²) in [5, 5.41) is 3.42. The summed E-state index contributed by atoms with van der Waals surface area (Å²) >= 11 is 3.42. The molecule has 4 nitrogen and oxygen atoms in total. The third kappa shape index (κ3) is 5.23. The Morgan fingerprint density at radius 2 is 2.05 bits per heavy atom. The number of carbonyl (C=O) groups excluding carboxylic acids is 1. The van der Waals surface area contributed by atoms with E-state index < -0.39 is 5.60 Å². The molecule has 1 aromatic rings. The second-order valence-corrected chi connectivity index (χ2v) is 7.38. The molecular formula is C16H23BrN2O2. The van der Waals surface area contributed by atoms with Crippen LogP contribution in [0.5, 0.6) is 0 Å². The Hall–Kier alpha value is -1.23. The van der Waals surface area contributed by atoms with Crippen molar-refractivity contribution in [3.63, 3.8) is 0 Å². The minimum absolute atomic E-state index is 0.200. The van der Waals surface area contributed by atoms with E-state index in [1.807, 2.05) is 45.0 Å². The highest BCUT2D eigenvalue weighted by Gasteiger charge is 2.29. The van der Waals surface area contributed by atoms with E-state index in [1.165, 1.54) is 0 Å². The summed E-state index contributed by atoms with van der Waals surface area (Å²) in [5.74, 6) is 0.473. The zero-order valence-electron chi connectivity index (χ0n) is 12.9. The van der Waals surface area contributed by atoms with Gasteiger partial charge in [-0.05, 0) is 57.4 Å². The summed E-state index contributed by atoms with van der Waals surface area (Å²) in [7, 11) is 0. The van der Waals surface area contributed by atoms with Crippen LogP contribution in [-0.4, -0.2) is 36.2 Å². The predicted octanol–water partition coefficient (Wildman–Crippen LogP) is 4.12. The second-order valence-electron chi connectivity index (χ2n) is 6.47. The molecule has 2 rings (SSSR count). The van der Waals surface area contributed by atoms with Crippen molar-refractivity contribution in [2.75, 3.05) is 25.0 Å². The van der Waals surface area contributed by atoms with E-state index in [0.717, 1.165) is 36.2 Å². The molecule has 116 valence electrons. The molecule has 0 bridgehead atoms. The van der Waals surface area contributed by atoms with Gasteiger partial charge in [-0.1, -0.05) is 15.9 Å². The van der Waals surface area contributed by atoms with Crippen LogP contribution in [0, 0.1) is 5.92 Å². The molecule has 1 aliphatic rings. The van der Waals surface area contributed by atoms with Crippen molar-refractivity contribution in [1.82, 2.24) is 4.90 Å². The molecule has 0 spiro atoms.